The van der Waals surface area contributed by atoms with Crippen LogP contribution >= 0.6 is 11.5 Å². The number of rotatable bonds is 4. The lowest BCUT2D eigenvalue weighted by Crippen LogP contribution is -2.48. The van der Waals surface area contributed by atoms with Crippen LogP contribution in [0.5, 0.6) is 0 Å². The van der Waals surface area contributed by atoms with Gasteiger partial charge in [-0.05, 0) is 0 Å². The van der Waals surface area contributed by atoms with Gasteiger partial charge in [-0.3, -0.25) is 4.68 Å². The monoisotopic (exact) mass is 276 g/mol. The number of nitrogens with zero attached hydrogens (tertiary/aromatic N) is 6. The molecule has 19 heavy (non-hydrogen) atoms. The zero-order chi connectivity index (χ0) is 13.2. The molecule has 0 aliphatic carbocycles. The standard InChI is InChI=1S/C11H12N6OS/c1-18-7-10-14-11(19-15-10)16-5-9(6-16)17-4-8(2-12)3-13-17/h3-4,9H,5-7H2,1H3. The molecule has 8 heteroatoms. The zero-order valence-corrected chi connectivity index (χ0v) is 11.2. The van der Waals surface area contributed by atoms with E-state index in [1.54, 1.807) is 19.5 Å². The van der Waals surface area contributed by atoms with Gasteiger partial charge in [-0.15, -0.1) is 0 Å². The molecule has 98 valence electrons. The molecule has 0 spiro atoms. The van der Waals surface area contributed by atoms with E-state index in [1.807, 2.05) is 4.68 Å². The predicted molar refractivity (Wildman–Crippen MR) is 68.8 cm³/mol. The minimum atomic E-state index is 0.303. The summed E-state index contributed by atoms with van der Waals surface area (Å²) in [5.74, 6) is 0.719. The van der Waals surface area contributed by atoms with E-state index in [4.69, 9.17) is 10.00 Å². The van der Waals surface area contributed by atoms with Crippen molar-refractivity contribution in [3.05, 3.63) is 23.8 Å². The maximum Gasteiger partial charge on any atom is 0.205 e. The van der Waals surface area contributed by atoms with Gasteiger partial charge < -0.3 is 9.64 Å². The lowest BCUT2D eigenvalue weighted by molar-refractivity contribution is 0.179. The SMILES string of the molecule is COCc1nsc(N2CC(n3cc(C#N)cn3)C2)n1. The van der Waals surface area contributed by atoms with Gasteiger partial charge in [0.25, 0.3) is 0 Å². The van der Waals surface area contributed by atoms with Gasteiger partial charge in [-0.25, -0.2) is 4.98 Å². The summed E-state index contributed by atoms with van der Waals surface area (Å²) in [6.45, 7) is 2.13. The van der Waals surface area contributed by atoms with E-state index in [9.17, 15) is 0 Å². The average molecular weight is 276 g/mol. The van der Waals surface area contributed by atoms with Gasteiger partial charge in [-0.2, -0.15) is 14.7 Å². The lowest BCUT2D eigenvalue weighted by Gasteiger charge is -2.38. The second-order valence-corrected chi connectivity index (χ2v) is 5.04. The molecule has 1 saturated heterocycles. The van der Waals surface area contributed by atoms with E-state index in [2.05, 4.69) is 25.4 Å². The Morgan fingerprint density at radius 3 is 3.11 bits per heavy atom. The molecular formula is C11H12N6OS. The predicted octanol–water partition coefficient (Wildman–Crippen LogP) is 0.814. The van der Waals surface area contributed by atoms with E-state index in [0.717, 1.165) is 24.0 Å². The molecule has 0 atom stereocenters. The van der Waals surface area contributed by atoms with Crippen molar-refractivity contribution in [1.29, 1.82) is 5.26 Å². The lowest BCUT2D eigenvalue weighted by atomic mass is 10.1. The Morgan fingerprint density at radius 2 is 2.42 bits per heavy atom. The molecule has 3 rings (SSSR count). The highest BCUT2D eigenvalue weighted by molar-refractivity contribution is 7.09. The third kappa shape index (κ3) is 2.30. The van der Waals surface area contributed by atoms with Crippen molar-refractivity contribution in [2.75, 3.05) is 25.1 Å². The Morgan fingerprint density at radius 1 is 1.58 bits per heavy atom. The third-order valence-corrected chi connectivity index (χ3v) is 3.78. The van der Waals surface area contributed by atoms with Crippen molar-refractivity contribution in [2.45, 2.75) is 12.6 Å². The first kappa shape index (κ1) is 12.1. The number of hydrogen-bond acceptors (Lipinski definition) is 7. The van der Waals surface area contributed by atoms with Crippen LogP contribution in [0.2, 0.25) is 0 Å². The van der Waals surface area contributed by atoms with Crippen molar-refractivity contribution < 1.29 is 4.74 Å². The molecule has 3 heterocycles. The molecule has 1 aliphatic heterocycles. The Kier molecular flexibility index (Phi) is 3.15. The van der Waals surface area contributed by atoms with E-state index in [-0.39, 0.29) is 0 Å². The summed E-state index contributed by atoms with van der Waals surface area (Å²) >= 11 is 1.38. The Balaban J connectivity index is 1.61. The maximum absolute atomic E-state index is 8.76. The Hall–Kier alpha value is -1.98. The van der Waals surface area contributed by atoms with Crippen LogP contribution in [0.4, 0.5) is 5.13 Å². The van der Waals surface area contributed by atoms with Gasteiger partial charge in [-0.1, -0.05) is 0 Å². The molecule has 0 unspecified atom stereocenters. The molecule has 0 amide bonds. The average Bonchev–Trinajstić information content (AvgIpc) is 2.98. The second-order valence-electron chi connectivity index (χ2n) is 4.31. The Bertz CT molecular complexity index is 609. The summed E-state index contributed by atoms with van der Waals surface area (Å²) in [4.78, 5) is 6.55. The van der Waals surface area contributed by atoms with Gasteiger partial charge in [0.1, 0.15) is 12.7 Å². The van der Waals surface area contributed by atoms with Crippen molar-refractivity contribution in [2.24, 2.45) is 0 Å². The highest BCUT2D eigenvalue weighted by Gasteiger charge is 2.31. The van der Waals surface area contributed by atoms with Gasteiger partial charge in [0.15, 0.2) is 5.82 Å². The fraction of sp³-hybridized carbons (Fsp3) is 0.455. The summed E-state index contributed by atoms with van der Waals surface area (Å²) in [5.41, 5.74) is 0.594. The summed E-state index contributed by atoms with van der Waals surface area (Å²) in [6.07, 6.45) is 3.36. The molecule has 2 aromatic rings. The number of ether oxygens (including phenoxy) is 1. The molecule has 0 N–H and O–H groups in total. The summed E-state index contributed by atoms with van der Waals surface area (Å²) < 4.78 is 11.1. The zero-order valence-electron chi connectivity index (χ0n) is 10.4. The molecule has 0 bridgehead atoms. The molecule has 1 fully saturated rings. The molecule has 7 nitrogen and oxygen atoms in total. The first-order valence-electron chi connectivity index (χ1n) is 5.81. The normalized spacial score (nSPS) is 15.3. The van der Waals surface area contributed by atoms with Crippen LogP contribution in [0.1, 0.15) is 17.4 Å². The van der Waals surface area contributed by atoms with Crippen LogP contribution in [0.3, 0.4) is 0 Å². The van der Waals surface area contributed by atoms with Crippen molar-refractivity contribution in [3.8, 4) is 6.07 Å². The number of methoxy groups -OCH3 is 1. The first-order chi connectivity index (χ1) is 9.30. The van der Waals surface area contributed by atoms with Gasteiger partial charge >= 0.3 is 0 Å². The topological polar surface area (TPSA) is 79.9 Å². The number of hydrogen-bond donors (Lipinski definition) is 0. The van der Waals surface area contributed by atoms with E-state index in [0.29, 0.717) is 18.2 Å². The van der Waals surface area contributed by atoms with Crippen LogP contribution in [-0.4, -0.2) is 39.3 Å². The van der Waals surface area contributed by atoms with E-state index >= 15 is 0 Å². The van der Waals surface area contributed by atoms with Gasteiger partial charge in [0, 0.05) is 37.9 Å². The highest BCUT2D eigenvalue weighted by atomic mass is 32.1. The molecule has 1 aliphatic rings. The van der Waals surface area contributed by atoms with Crippen molar-refractivity contribution in [3.63, 3.8) is 0 Å². The summed E-state index contributed by atoms with van der Waals surface area (Å²) in [6, 6.07) is 2.38. The van der Waals surface area contributed by atoms with Gasteiger partial charge in [0.2, 0.25) is 5.13 Å². The van der Waals surface area contributed by atoms with E-state index < -0.39 is 0 Å². The number of aromatic nitrogens is 4. The highest BCUT2D eigenvalue weighted by Crippen LogP contribution is 2.28. The first-order valence-corrected chi connectivity index (χ1v) is 6.58. The van der Waals surface area contributed by atoms with Crippen LogP contribution in [-0.2, 0) is 11.3 Å². The van der Waals surface area contributed by atoms with Gasteiger partial charge in [0.05, 0.1) is 17.8 Å². The minimum Gasteiger partial charge on any atom is -0.377 e. The van der Waals surface area contributed by atoms with Crippen LogP contribution in [0.25, 0.3) is 0 Å². The second kappa shape index (κ2) is 4.95. The van der Waals surface area contributed by atoms with Crippen LogP contribution < -0.4 is 4.90 Å². The molecule has 0 aromatic carbocycles. The molecule has 2 aromatic heterocycles. The van der Waals surface area contributed by atoms with Crippen LogP contribution in [0.15, 0.2) is 12.4 Å². The number of nitriles is 1. The quantitative estimate of drug-likeness (QED) is 0.822. The fourth-order valence-electron chi connectivity index (χ4n) is 1.94. The minimum absolute atomic E-state index is 0.303. The number of anilines is 1. The summed E-state index contributed by atoms with van der Waals surface area (Å²) in [5, 5.41) is 13.9. The fourth-order valence-corrected chi connectivity index (χ4v) is 2.63. The Labute approximate surface area is 114 Å². The molecule has 0 saturated carbocycles. The third-order valence-electron chi connectivity index (χ3n) is 2.97. The van der Waals surface area contributed by atoms with Crippen molar-refractivity contribution >= 4 is 16.7 Å². The largest absolute Gasteiger partial charge is 0.377 e. The molecule has 0 radical (unpaired) electrons. The van der Waals surface area contributed by atoms with Crippen LogP contribution in [0, 0.1) is 11.3 Å². The van der Waals surface area contributed by atoms with E-state index in [1.165, 1.54) is 11.5 Å². The maximum atomic E-state index is 8.76. The smallest absolute Gasteiger partial charge is 0.205 e. The van der Waals surface area contributed by atoms with Crippen molar-refractivity contribution in [1.82, 2.24) is 19.1 Å². The summed E-state index contributed by atoms with van der Waals surface area (Å²) in [7, 11) is 1.63. The molecular weight excluding hydrogens is 264 g/mol.